The van der Waals surface area contributed by atoms with E-state index in [1.807, 2.05) is 44.2 Å². The fraction of sp³-hybridized carbons (Fsp3) is 0.360. The van der Waals surface area contributed by atoms with E-state index in [0.29, 0.717) is 19.6 Å². The van der Waals surface area contributed by atoms with Crippen LogP contribution in [0, 0.1) is 0 Å². The monoisotopic (exact) mass is 452 g/mol. The Morgan fingerprint density at radius 3 is 2.36 bits per heavy atom. The zero-order valence-electron chi connectivity index (χ0n) is 19.1. The third kappa shape index (κ3) is 5.64. The summed E-state index contributed by atoms with van der Waals surface area (Å²) >= 11 is 0. The van der Waals surface area contributed by atoms with Crippen molar-refractivity contribution >= 4 is 23.7 Å². The first-order valence-corrected chi connectivity index (χ1v) is 10.8. The molecule has 0 aromatic heterocycles. The molecule has 1 aliphatic heterocycles. The minimum absolute atomic E-state index is 0.0795. The van der Waals surface area contributed by atoms with Gasteiger partial charge in [-0.3, -0.25) is 19.3 Å². The van der Waals surface area contributed by atoms with Crippen LogP contribution in [0.3, 0.4) is 0 Å². The molecule has 0 spiro atoms. The zero-order valence-corrected chi connectivity index (χ0v) is 19.1. The van der Waals surface area contributed by atoms with Gasteiger partial charge in [0.2, 0.25) is 0 Å². The topological polar surface area (TPSA) is 93.2 Å². The van der Waals surface area contributed by atoms with Gasteiger partial charge in [0, 0.05) is 32.8 Å². The van der Waals surface area contributed by atoms with Crippen LogP contribution in [0.25, 0.3) is 0 Å². The fourth-order valence-corrected chi connectivity index (χ4v) is 3.62. The largest absolute Gasteiger partial charge is 0.452 e. The first-order valence-electron chi connectivity index (χ1n) is 10.8. The summed E-state index contributed by atoms with van der Waals surface area (Å²) in [6.07, 6.45) is 0.522. The van der Waals surface area contributed by atoms with Gasteiger partial charge in [-0.1, -0.05) is 30.3 Å². The van der Waals surface area contributed by atoms with Gasteiger partial charge in [0.1, 0.15) is 0 Å². The molecule has 0 unspecified atom stereocenters. The Hall–Kier alpha value is -3.52. The van der Waals surface area contributed by atoms with Crippen LogP contribution in [-0.2, 0) is 20.8 Å². The molecule has 0 saturated carbocycles. The van der Waals surface area contributed by atoms with E-state index in [1.165, 1.54) is 18.2 Å². The highest BCUT2D eigenvalue weighted by Gasteiger charge is 2.35. The molecule has 0 radical (unpaired) electrons. The Morgan fingerprint density at radius 1 is 1.00 bits per heavy atom. The van der Waals surface area contributed by atoms with Gasteiger partial charge < -0.3 is 14.4 Å². The van der Waals surface area contributed by atoms with Crippen molar-refractivity contribution in [3.8, 4) is 0 Å². The van der Waals surface area contributed by atoms with Gasteiger partial charge in [0.25, 0.3) is 17.7 Å². The molecule has 0 N–H and O–H groups in total. The molecule has 0 atom stereocenters. The number of amides is 3. The minimum atomic E-state index is -0.729. The molecule has 174 valence electrons. The summed E-state index contributed by atoms with van der Waals surface area (Å²) < 4.78 is 10.2. The number of benzene rings is 2. The van der Waals surface area contributed by atoms with Gasteiger partial charge in [-0.05, 0) is 44.0 Å². The third-order valence-corrected chi connectivity index (χ3v) is 5.40. The molecule has 0 bridgehead atoms. The molecule has 0 saturated heterocycles. The van der Waals surface area contributed by atoms with Crippen LogP contribution in [0.15, 0.2) is 48.5 Å². The Bertz CT molecular complexity index is 1030. The number of imide groups is 1. The first kappa shape index (κ1) is 24.1. The molecule has 2 aromatic carbocycles. The normalized spacial score (nSPS) is 12.8. The Balaban J connectivity index is 1.64. The summed E-state index contributed by atoms with van der Waals surface area (Å²) in [5.74, 6) is -1.90. The van der Waals surface area contributed by atoms with Crippen molar-refractivity contribution in [3.05, 3.63) is 70.8 Å². The lowest BCUT2D eigenvalue weighted by molar-refractivity contribution is -0.136. The van der Waals surface area contributed by atoms with E-state index in [9.17, 15) is 19.2 Å². The highest BCUT2D eigenvalue weighted by molar-refractivity contribution is 6.22. The quantitative estimate of drug-likeness (QED) is 0.313. The van der Waals surface area contributed by atoms with Crippen LogP contribution in [0.4, 0.5) is 0 Å². The van der Waals surface area contributed by atoms with Crippen molar-refractivity contribution in [2.75, 3.05) is 26.9 Å². The van der Waals surface area contributed by atoms with E-state index >= 15 is 0 Å². The van der Waals surface area contributed by atoms with Crippen LogP contribution in [0.2, 0.25) is 0 Å². The number of fused-ring (bicyclic) bond motifs is 1. The average molecular weight is 453 g/mol. The smallest absolute Gasteiger partial charge is 0.338 e. The van der Waals surface area contributed by atoms with E-state index in [-0.39, 0.29) is 35.2 Å². The second-order valence-electron chi connectivity index (χ2n) is 8.05. The van der Waals surface area contributed by atoms with Crippen LogP contribution in [0.5, 0.6) is 0 Å². The molecule has 0 aliphatic carbocycles. The molecule has 8 nitrogen and oxygen atoms in total. The fourth-order valence-electron chi connectivity index (χ4n) is 3.62. The first-order chi connectivity index (χ1) is 15.8. The van der Waals surface area contributed by atoms with Gasteiger partial charge in [0.15, 0.2) is 6.61 Å². The molecular formula is C25H28N2O6. The summed E-state index contributed by atoms with van der Waals surface area (Å²) in [5.41, 5.74) is 1.49. The summed E-state index contributed by atoms with van der Waals surface area (Å²) in [7, 11) is 1.55. The number of carbonyl (C=O) groups excluding carboxylic acids is 4. The van der Waals surface area contributed by atoms with E-state index in [0.717, 1.165) is 10.5 Å². The third-order valence-electron chi connectivity index (χ3n) is 5.40. The molecule has 1 heterocycles. The standard InChI is InChI=1S/C25H28N2O6/c1-17(2)27(15-18-8-5-4-6-9-18)22(28)16-33-25(31)19-10-11-20-21(14-19)24(30)26(23(20)29)12-7-13-32-3/h4-6,8-11,14,17H,7,12-13,15-16H2,1-3H3. The Morgan fingerprint density at radius 2 is 1.70 bits per heavy atom. The van der Waals surface area contributed by atoms with Gasteiger partial charge in [-0.2, -0.15) is 0 Å². The predicted molar refractivity (Wildman–Crippen MR) is 121 cm³/mol. The van der Waals surface area contributed by atoms with Crippen LogP contribution in [0.1, 0.15) is 56.9 Å². The van der Waals surface area contributed by atoms with E-state index in [2.05, 4.69) is 0 Å². The van der Waals surface area contributed by atoms with Gasteiger partial charge >= 0.3 is 5.97 Å². The number of ether oxygens (including phenoxy) is 2. The second-order valence-corrected chi connectivity index (χ2v) is 8.05. The lowest BCUT2D eigenvalue weighted by atomic mass is 10.1. The molecule has 3 rings (SSSR count). The maximum atomic E-state index is 12.7. The van der Waals surface area contributed by atoms with Crippen LogP contribution < -0.4 is 0 Å². The molecule has 0 fully saturated rings. The van der Waals surface area contributed by atoms with Crippen molar-refractivity contribution in [1.29, 1.82) is 0 Å². The maximum absolute atomic E-state index is 12.7. The van der Waals surface area contributed by atoms with E-state index < -0.39 is 24.4 Å². The summed E-state index contributed by atoms with van der Waals surface area (Å²) in [6.45, 7) is 4.44. The number of esters is 1. The lowest BCUT2D eigenvalue weighted by Crippen LogP contribution is -2.39. The number of carbonyl (C=O) groups is 4. The van der Waals surface area contributed by atoms with Gasteiger partial charge in [-0.15, -0.1) is 0 Å². The number of hydrogen-bond acceptors (Lipinski definition) is 6. The average Bonchev–Trinajstić information content (AvgIpc) is 3.05. The van der Waals surface area contributed by atoms with Gasteiger partial charge in [0.05, 0.1) is 16.7 Å². The van der Waals surface area contributed by atoms with Crippen LogP contribution >= 0.6 is 0 Å². The molecule has 3 amide bonds. The highest BCUT2D eigenvalue weighted by atomic mass is 16.5. The maximum Gasteiger partial charge on any atom is 0.338 e. The van der Waals surface area contributed by atoms with Crippen LogP contribution in [-0.4, -0.2) is 66.4 Å². The second kappa shape index (κ2) is 10.9. The van der Waals surface area contributed by atoms with E-state index in [1.54, 1.807) is 12.0 Å². The Kier molecular flexibility index (Phi) is 7.95. The van der Waals surface area contributed by atoms with Crippen molar-refractivity contribution in [2.45, 2.75) is 32.9 Å². The lowest BCUT2D eigenvalue weighted by Gasteiger charge is -2.26. The number of rotatable bonds is 10. The number of methoxy groups -OCH3 is 1. The van der Waals surface area contributed by atoms with E-state index in [4.69, 9.17) is 9.47 Å². The van der Waals surface area contributed by atoms with Crippen molar-refractivity contribution in [1.82, 2.24) is 9.80 Å². The molecule has 33 heavy (non-hydrogen) atoms. The van der Waals surface area contributed by atoms with Gasteiger partial charge in [-0.25, -0.2) is 4.79 Å². The Labute approximate surface area is 193 Å². The van der Waals surface area contributed by atoms with Crippen molar-refractivity contribution in [3.63, 3.8) is 0 Å². The summed E-state index contributed by atoms with van der Waals surface area (Å²) in [6, 6.07) is 13.7. The SMILES string of the molecule is COCCCN1C(=O)c2ccc(C(=O)OCC(=O)N(Cc3ccccc3)C(C)C)cc2C1=O. The molecule has 8 heteroatoms. The highest BCUT2D eigenvalue weighted by Crippen LogP contribution is 2.24. The minimum Gasteiger partial charge on any atom is -0.452 e. The predicted octanol–water partition coefficient (Wildman–Crippen LogP) is 2.91. The number of nitrogens with zero attached hydrogens (tertiary/aromatic N) is 2. The van der Waals surface area contributed by atoms with Crippen molar-refractivity contribution in [2.24, 2.45) is 0 Å². The molecule has 2 aromatic rings. The zero-order chi connectivity index (χ0) is 24.0. The number of hydrogen-bond donors (Lipinski definition) is 0. The molecular weight excluding hydrogens is 424 g/mol. The summed E-state index contributed by atoms with van der Waals surface area (Å²) in [5, 5.41) is 0. The molecule has 1 aliphatic rings. The summed E-state index contributed by atoms with van der Waals surface area (Å²) in [4.78, 5) is 53.2. The van der Waals surface area contributed by atoms with Crippen molar-refractivity contribution < 1.29 is 28.7 Å².